The second kappa shape index (κ2) is 13.5. The van der Waals surface area contributed by atoms with E-state index in [2.05, 4.69) is 96.0 Å². The van der Waals surface area contributed by atoms with E-state index < -0.39 is 0 Å². The zero-order chi connectivity index (χ0) is 21.0. The molecule has 31 heavy (non-hydrogen) atoms. The summed E-state index contributed by atoms with van der Waals surface area (Å²) in [6, 6.07) is 0. The van der Waals surface area contributed by atoms with Crippen LogP contribution in [0.2, 0.25) is 0 Å². The van der Waals surface area contributed by atoms with E-state index in [0.717, 1.165) is 19.6 Å². The number of hydrogen-bond donors (Lipinski definition) is 0. The van der Waals surface area contributed by atoms with E-state index in [1.54, 1.807) is 0 Å². The maximum Gasteiger partial charge on any atom is 0.269 e. The fraction of sp³-hybridized carbons (Fsp3) is 0.391. The Kier molecular flexibility index (Phi) is 12.6. The number of thiazole rings is 2. The molecule has 3 nitrogen and oxygen atoms in total. The molecule has 0 bridgehead atoms. The molecule has 0 saturated heterocycles. The smallest absolute Gasteiger partial charge is 0.269 e. The maximum absolute atomic E-state index is 2.40. The largest absolute Gasteiger partial charge is 1.00 e. The molecule has 2 aromatic heterocycles. The Bertz CT molecular complexity index is 1000. The molecular formula is C23H31I2N3S3. The van der Waals surface area contributed by atoms with Crippen LogP contribution in [0.4, 0.5) is 0 Å². The van der Waals surface area contributed by atoms with E-state index in [1.165, 1.54) is 37.7 Å². The van der Waals surface area contributed by atoms with Crippen molar-refractivity contribution in [3.63, 3.8) is 0 Å². The first-order valence-electron chi connectivity index (χ1n) is 10.2. The normalized spacial score (nSPS) is 15.4. The van der Waals surface area contributed by atoms with E-state index >= 15 is 0 Å². The van der Waals surface area contributed by atoms with Gasteiger partial charge in [0.25, 0.3) is 10.0 Å². The van der Waals surface area contributed by atoms with Crippen LogP contribution in [-0.4, -0.2) is 11.4 Å². The van der Waals surface area contributed by atoms with E-state index in [1.807, 2.05) is 34.4 Å². The van der Waals surface area contributed by atoms with Gasteiger partial charge in [0.1, 0.15) is 13.1 Å². The van der Waals surface area contributed by atoms with Crippen LogP contribution < -0.4 is 57.1 Å². The number of thioether (sulfide) groups is 1. The summed E-state index contributed by atoms with van der Waals surface area (Å²) in [7, 11) is 0. The Labute approximate surface area is 233 Å². The van der Waals surface area contributed by atoms with E-state index in [4.69, 9.17) is 0 Å². The van der Waals surface area contributed by atoms with Gasteiger partial charge in [0.05, 0.1) is 21.4 Å². The summed E-state index contributed by atoms with van der Waals surface area (Å²) in [6.07, 6.45) is 9.09. The molecule has 3 rings (SSSR count). The molecular weight excluding hydrogens is 668 g/mol. The van der Waals surface area contributed by atoms with Crippen molar-refractivity contribution in [3.8, 4) is 0 Å². The number of aryl methyl sites for hydroxylation is 2. The topological polar surface area (TPSA) is 11.0 Å². The first kappa shape index (κ1) is 28.9. The van der Waals surface area contributed by atoms with Crippen molar-refractivity contribution in [2.24, 2.45) is 0 Å². The van der Waals surface area contributed by atoms with Gasteiger partial charge >= 0.3 is 0 Å². The SMILES string of the molecule is CCN1C(C)=CS/C1=C/C=C(\C=C\c1scc(C)[n+]1CC)c1scc(C)[n+]1CC.[I-].[I-]. The predicted molar refractivity (Wildman–Crippen MR) is 129 cm³/mol. The molecule has 1 aliphatic heterocycles. The highest BCUT2D eigenvalue weighted by molar-refractivity contribution is 8.06. The van der Waals surface area contributed by atoms with Crippen molar-refractivity contribution in [1.82, 2.24) is 4.90 Å². The van der Waals surface area contributed by atoms with Gasteiger partial charge in [-0.05, 0) is 51.3 Å². The summed E-state index contributed by atoms with van der Waals surface area (Å²) in [4.78, 5) is 2.36. The third kappa shape index (κ3) is 6.68. The Morgan fingerprint density at radius 1 is 0.968 bits per heavy atom. The first-order chi connectivity index (χ1) is 14.0. The highest BCUT2D eigenvalue weighted by atomic mass is 127. The quantitative estimate of drug-likeness (QED) is 0.228. The summed E-state index contributed by atoms with van der Waals surface area (Å²) in [5, 5.41) is 10.6. The van der Waals surface area contributed by atoms with Gasteiger partial charge in [-0.3, -0.25) is 0 Å². The van der Waals surface area contributed by atoms with Crippen LogP contribution in [0.3, 0.4) is 0 Å². The van der Waals surface area contributed by atoms with Crippen LogP contribution >= 0.6 is 34.4 Å². The highest BCUT2D eigenvalue weighted by Gasteiger charge is 2.20. The van der Waals surface area contributed by atoms with Crippen molar-refractivity contribution in [2.75, 3.05) is 6.54 Å². The first-order valence-corrected chi connectivity index (χ1v) is 12.8. The molecule has 0 N–H and O–H groups in total. The van der Waals surface area contributed by atoms with E-state index in [-0.39, 0.29) is 48.0 Å². The second-order valence-corrected chi connectivity index (χ2v) is 9.61. The Morgan fingerprint density at radius 3 is 2.26 bits per heavy atom. The van der Waals surface area contributed by atoms with Gasteiger partial charge in [-0.25, -0.2) is 0 Å². The third-order valence-corrected chi connectivity index (χ3v) is 8.35. The zero-order valence-corrected chi connectivity index (χ0v) is 25.7. The standard InChI is InChI=1S/C23H31N3S3.2HI/c1-7-24-17(4)14-27-21(24)12-10-20(23-26(9-3)19(6)16-29-23)11-13-22-25(8-2)18(5)15-28-22;;/h10-16H,7-9H2,1-6H3;2*1H/q+2;;/p-2. The lowest BCUT2D eigenvalue weighted by Crippen LogP contribution is -3.00. The average molecular weight is 700 g/mol. The minimum absolute atomic E-state index is 0. The predicted octanol–water partition coefficient (Wildman–Crippen LogP) is -0.0826. The minimum Gasteiger partial charge on any atom is -1.00 e. The molecule has 0 amide bonds. The summed E-state index contributed by atoms with van der Waals surface area (Å²) in [5.41, 5.74) is 5.22. The number of halogens is 2. The number of aromatic nitrogens is 2. The molecule has 0 saturated carbocycles. The van der Waals surface area contributed by atoms with Crippen LogP contribution in [0.15, 0.2) is 45.1 Å². The highest BCUT2D eigenvalue weighted by Crippen LogP contribution is 2.34. The molecule has 0 spiro atoms. The molecule has 170 valence electrons. The van der Waals surface area contributed by atoms with Gasteiger partial charge in [0.15, 0.2) is 11.4 Å². The molecule has 0 atom stereocenters. The lowest BCUT2D eigenvalue weighted by molar-refractivity contribution is -0.696. The molecule has 0 radical (unpaired) electrons. The minimum atomic E-state index is 0. The number of allylic oxidation sites excluding steroid dienone is 5. The van der Waals surface area contributed by atoms with Gasteiger partial charge in [-0.1, -0.05) is 34.4 Å². The van der Waals surface area contributed by atoms with Gasteiger partial charge in [-0.2, -0.15) is 9.13 Å². The molecule has 0 aliphatic carbocycles. The van der Waals surface area contributed by atoms with Crippen molar-refractivity contribution in [1.29, 1.82) is 0 Å². The summed E-state index contributed by atoms with van der Waals surface area (Å²) in [6.45, 7) is 16.2. The molecule has 0 fully saturated rings. The number of rotatable bonds is 7. The fourth-order valence-corrected chi connectivity index (χ4v) is 6.54. The van der Waals surface area contributed by atoms with Crippen molar-refractivity contribution < 1.29 is 57.1 Å². The van der Waals surface area contributed by atoms with Crippen LogP contribution in [0, 0.1) is 13.8 Å². The average Bonchev–Trinajstić information content (AvgIpc) is 3.38. The Hall–Kier alpha value is -0.170. The van der Waals surface area contributed by atoms with E-state index in [9.17, 15) is 0 Å². The third-order valence-electron chi connectivity index (χ3n) is 5.10. The molecule has 0 aromatic carbocycles. The van der Waals surface area contributed by atoms with Crippen molar-refractivity contribution in [2.45, 2.75) is 54.6 Å². The number of hydrogen-bond acceptors (Lipinski definition) is 4. The molecule has 8 heteroatoms. The van der Waals surface area contributed by atoms with Gasteiger partial charge in [0, 0.05) is 32.2 Å². The van der Waals surface area contributed by atoms with Gasteiger partial charge in [-0.15, -0.1) is 0 Å². The fourth-order valence-electron chi connectivity index (χ4n) is 3.53. The van der Waals surface area contributed by atoms with Crippen molar-refractivity contribution in [3.05, 3.63) is 66.5 Å². The summed E-state index contributed by atoms with van der Waals surface area (Å²) >= 11 is 5.45. The lowest BCUT2D eigenvalue weighted by atomic mass is 10.2. The monoisotopic (exact) mass is 699 g/mol. The van der Waals surface area contributed by atoms with Crippen LogP contribution in [-0.2, 0) is 13.1 Å². The van der Waals surface area contributed by atoms with Crippen LogP contribution in [0.1, 0.15) is 49.1 Å². The lowest BCUT2D eigenvalue weighted by Gasteiger charge is -2.18. The van der Waals surface area contributed by atoms with E-state index in [0.29, 0.717) is 0 Å². The molecule has 0 unspecified atom stereocenters. The van der Waals surface area contributed by atoms with Crippen LogP contribution in [0.25, 0.3) is 11.6 Å². The Balaban J connectivity index is 0.00000240. The van der Waals surface area contributed by atoms with Crippen LogP contribution in [0.5, 0.6) is 0 Å². The molecule has 1 aliphatic rings. The van der Waals surface area contributed by atoms with Gasteiger partial charge < -0.3 is 52.9 Å². The van der Waals surface area contributed by atoms with Gasteiger partial charge in [0.2, 0.25) is 0 Å². The number of nitrogens with zero attached hydrogens (tertiary/aromatic N) is 3. The summed E-state index contributed by atoms with van der Waals surface area (Å²) < 4.78 is 4.76. The van der Waals surface area contributed by atoms with Crippen molar-refractivity contribution >= 4 is 46.1 Å². The summed E-state index contributed by atoms with van der Waals surface area (Å²) in [5.74, 6) is 0. The second-order valence-electron chi connectivity index (χ2n) is 6.97. The zero-order valence-electron chi connectivity index (χ0n) is 19.0. The molecule has 3 heterocycles. The Morgan fingerprint density at radius 2 is 1.61 bits per heavy atom. The maximum atomic E-state index is 2.40. The molecule has 2 aromatic rings.